The van der Waals surface area contributed by atoms with E-state index in [1.165, 1.54) is 24.9 Å². The molecule has 1 aliphatic rings. The first-order valence-electron chi connectivity index (χ1n) is 7.22. The Balaban J connectivity index is 2.04. The molecule has 0 bridgehead atoms. The second-order valence-corrected chi connectivity index (χ2v) is 5.67. The van der Waals surface area contributed by atoms with E-state index in [-0.39, 0.29) is 0 Å². The maximum Gasteiger partial charge on any atom is 0.0323 e. The molecule has 1 heterocycles. The van der Waals surface area contributed by atoms with Crippen molar-refractivity contribution in [3.05, 3.63) is 35.9 Å². The Morgan fingerprint density at radius 3 is 2.50 bits per heavy atom. The third-order valence-corrected chi connectivity index (χ3v) is 4.04. The lowest BCUT2D eigenvalue weighted by Crippen LogP contribution is -2.42. The van der Waals surface area contributed by atoms with Crippen molar-refractivity contribution in [3.8, 4) is 0 Å². The molecule has 2 rings (SSSR count). The summed E-state index contributed by atoms with van der Waals surface area (Å²) in [4.78, 5) is 2.61. The van der Waals surface area contributed by atoms with Crippen LogP contribution in [-0.2, 0) is 0 Å². The highest BCUT2D eigenvalue weighted by molar-refractivity contribution is 5.18. The summed E-state index contributed by atoms with van der Waals surface area (Å²) in [7, 11) is 0. The van der Waals surface area contributed by atoms with Crippen molar-refractivity contribution < 1.29 is 0 Å². The van der Waals surface area contributed by atoms with E-state index in [1.54, 1.807) is 0 Å². The SMILES string of the molecule is CC(C)N(CC1CCCN1)C(C)c1ccccc1. The zero-order valence-corrected chi connectivity index (χ0v) is 11.9. The first kappa shape index (κ1) is 13.6. The summed E-state index contributed by atoms with van der Waals surface area (Å²) in [6.45, 7) is 9.27. The van der Waals surface area contributed by atoms with Gasteiger partial charge in [-0.1, -0.05) is 30.3 Å². The molecule has 100 valence electrons. The van der Waals surface area contributed by atoms with Crippen LogP contribution in [0.1, 0.15) is 45.2 Å². The minimum atomic E-state index is 0.494. The van der Waals surface area contributed by atoms with Crippen molar-refractivity contribution >= 4 is 0 Å². The number of nitrogens with one attached hydrogen (secondary N) is 1. The molecule has 1 saturated heterocycles. The standard InChI is InChI=1S/C16H26N2/c1-13(2)18(12-16-10-7-11-17-16)14(3)15-8-5-4-6-9-15/h4-6,8-9,13-14,16-17H,7,10-12H2,1-3H3. The Morgan fingerprint density at radius 1 is 1.22 bits per heavy atom. The van der Waals surface area contributed by atoms with Crippen molar-refractivity contribution in [3.63, 3.8) is 0 Å². The monoisotopic (exact) mass is 246 g/mol. The number of rotatable bonds is 5. The number of benzene rings is 1. The van der Waals surface area contributed by atoms with Crippen molar-refractivity contribution in [1.82, 2.24) is 10.2 Å². The van der Waals surface area contributed by atoms with Gasteiger partial charge in [-0.15, -0.1) is 0 Å². The zero-order valence-electron chi connectivity index (χ0n) is 11.9. The third-order valence-electron chi connectivity index (χ3n) is 4.04. The molecule has 2 heteroatoms. The second-order valence-electron chi connectivity index (χ2n) is 5.67. The largest absolute Gasteiger partial charge is 0.313 e. The number of hydrogen-bond acceptors (Lipinski definition) is 2. The van der Waals surface area contributed by atoms with E-state index >= 15 is 0 Å². The van der Waals surface area contributed by atoms with Crippen molar-refractivity contribution in [2.45, 2.75) is 51.7 Å². The summed E-state index contributed by atoms with van der Waals surface area (Å²) in [5, 5.41) is 3.61. The van der Waals surface area contributed by atoms with Crippen LogP contribution in [0.25, 0.3) is 0 Å². The average molecular weight is 246 g/mol. The first-order valence-corrected chi connectivity index (χ1v) is 7.22. The second kappa shape index (κ2) is 6.35. The molecular formula is C16H26N2. The van der Waals surface area contributed by atoms with Crippen LogP contribution in [0, 0.1) is 0 Å². The molecule has 0 aromatic heterocycles. The Labute approximate surface area is 111 Å². The average Bonchev–Trinajstić information content (AvgIpc) is 2.89. The lowest BCUT2D eigenvalue weighted by molar-refractivity contribution is 0.150. The summed E-state index contributed by atoms with van der Waals surface area (Å²) in [5.41, 5.74) is 1.42. The topological polar surface area (TPSA) is 15.3 Å². The van der Waals surface area contributed by atoms with Gasteiger partial charge >= 0.3 is 0 Å². The normalized spacial score (nSPS) is 21.7. The predicted octanol–water partition coefficient (Wildman–Crippen LogP) is 3.21. The van der Waals surface area contributed by atoms with Crippen LogP contribution in [0.3, 0.4) is 0 Å². The van der Waals surface area contributed by atoms with Crippen LogP contribution < -0.4 is 5.32 Å². The van der Waals surface area contributed by atoms with Crippen molar-refractivity contribution in [2.24, 2.45) is 0 Å². The number of hydrogen-bond donors (Lipinski definition) is 1. The van der Waals surface area contributed by atoms with E-state index in [0.29, 0.717) is 18.1 Å². The van der Waals surface area contributed by atoms with E-state index in [4.69, 9.17) is 0 Å². The molecule has 0 spiro atoms. The molecule has 1 N–H and O–H groups in total. The quantitative estimate of drug-likeness (QED) is 0.858. The predicted molar refractivity (Wildman–Crippen MR) is 77.7 cm³/mol. The molecule has 0 radical (unpaired) electrons. The molecule has 2 unspecified atom stereocenters. The Hall–Kier alpha value is -0.860. The van der Waals surface area contributed by atoms with Gasteiger partial charge in [-0.3, -0.25) is 4.90 Å². The highest BCUT2D eigenvalue weighted by atomic mass is 15.2. The van der Waals surface area contributed by atoms with Gasteiger partial charge < -0.3 is 5.32 Å². The van der Waals surface area contributed by atoms with Crippen molar-refractivity contribution in [1.29, 1.82) is 0 Å². The third kappa shape index (κ3) is 3.33. The fraction of sp³-hybridized carbons (Fsp3) is 0.625. The Kier molecular flexibility index (Phi) is 4.79. The highest BCUT2D eigenvalue weighted by Gasteiger charge is 2.23. The van der Waals surface area contributed by atoms with Gasteiger partial charge in [0.1, 0.15) is 0 Å². The molecule has 2 nitrogen and oxygen atoms in total. The van der Waals surface area contributed by atoms with Gasteiger partial charge in [0.2, 0.25) is 0 Å². The van der Waals surface area contributed by atoms with Gasteiger partial charge in [0, 0.05) is 24.7 Å². The molecule has 1 fully saturated rings. The fourth-order valence-electron chi connectivity index (χ4n) is 2.91. The van der Waals surface area contributed by atoms with Crippen LogP contribution in [-0.4, -0.2) is 30.1 Å². The first-order chi connectivity index (χ1) is 8.68. The Bertz CT molecular complexity index is 341. The zero-order chi connectivity index (χ0) is 13.0. The van der Waals surface area contributed by atoms with Crippen LogP contribution >= 0.6 is 0 Å². The molecule has 2 atom stereocenters. The summed E-state index contributed by atoms with van der Waals surface area (Å²) in [6, 6.07) is 12.6. The van der Waals surface area contributed by atoms with Gasteiger partial charge in [0.05, 0.1) is 0 Å². The highest BCUT2D eigenvalue weighted by Crippen LogP contribution is 2.23. The fourth-order valence-corrected chi connectivity index (χ4v) is 2.91. The molecule has 0 saturated carbocycles. The van der Waals surface area contributed by atoms with Crippen LogP contribution in [0.4, 0.5) is 0 Å². The Morgan fingerprint density at radius 2 is 1.94 bits per heavy atom. The van der Waals surface area contributed by atoms with E-state index in [9.17, 15) is 0 Å². The summed E-state index contributed by atoms with van der Waals surface area (Å²) in [6.07, 6.45) is 2.65. The summed E-state index contributed by atoms with van der Waals surface area (Å²) < 4.78 is 0. The minimum Gasteiger partial charge on any atom is -0.313 e. The van der Waals surface area contributed by atoms with Crippen LogP contribution in [0.2, 0.25) is 0 Å². The molecular weight excluding hydrogens is 220 g/mol. The van der Waals surface area contributed by atoms with Gasteiger partial charge in [0.15, 0.2) is 0 Å². The van der Waals surface area contributed by atoms with E-state index < -0.39 is 0 Å². The van der Waals surface area contributed by atoms with Gasteiger partial charge in [-0.2, -0.15) is 0 Å². The lowest BCUT2D eigenvalue weighted by atomic mass is 10.0. The van der Waals surface area contributed by atoms with Gasteiger partial charge in [-0.25, -0.2) is 0 Å². The van der Waals surface area contributed by atoms with Crippen LogP contribution in [0.5, 0.6) is 0 Å². The van der Waals surface area contributed by atoms with Gasteiger partial charge in [0.25, 0.3) is 0 Å². The summed E-state index contributed by atoms with van der Waals surface area (Å²) >= 11 is 0. The maximum atomic E-state index is 3.61. The molecule has 0 amide bonds. The van der Waals surface area contributed by atoms with Gasteiger partial charge in [-0.05, 0) is 45.7 Å². The van der Waals surface area contributed by atoms with Crippen molar-refractivity contribution in [2.75, 3.05) is 13.1 Å². The lowest BCUT2D eigenvalue weighted by Gasteiger charge is -2.35. The molecule has 1 aromatic rings. The molecule has 1 aromatic carbocycles. The summed E-state index contributed by atoms with van der Waals surface area (Å²) in [5.74, 6) is 0. The number of nitrogens with zero attached hydrogens (tertiary/aromatic N) is 1. The smallest absolute Gasteiger partial charge is 0.0323 e. The van der Waals surface area contributed by atoms with E-state index in [1.807, 2.05) is 0 Å². The molecule has 1 aliphatic heterocycles. The van der Waals surface area contributed by atoms with E-state index in [2.05, 4.69) is 61.3 Å². The molecule has 18 heavy (non-hydrogen) atoms. The van der Waals surface area contributed by atoms with Crippen LogP contribution in [0.15, 0.2) is 30.3 Å². The van der Waals surface area contributed by atoms with E-state index in [0.717, 1.165) is 6.54 Å². The minimum absolute atomic E-state index is 0.494. The maximum absolute atomic E-state index is 3.61. The molecule has 0 aliphatic carbocycles.